The average Bonchev–Trinajstić information content (AvgIpc) is 2.18. The Morgan fingerprint density at radius 1 is 1.29 bits per heavy atom. The van der Waals surface area contributed by atoms with Gasteiger partial charge in [0, 0.05) is 0 Å². The first-order valence-electron chi connectivity index (χ1n) is 5.71. The summed E-state index contributed by atoms with van der Waals surface area (Å²) in [5, 5.41) is 0.181. The lowest BCUT2D eigenvalue weighted by Crippen LogP contribution is -2.40. The maximum absolute atomic E-state index is 13.3. The van der Waals surface area contributed by atoms with Gasteiger partial charge in [0.05, 0.1) is 11.1 Å². The van der Waals surface area contributed by atoms with E-state index in [0.29, 0.717) is 11.1 Å². The lowest BCUT2D eigenvalue weighted by molar-refractivity contribution is 0.276. The van der Waals surface area contributed by atoms with Gasteiger partial charge < -0.3 is 4.43 Å². The van der Waals surface area contributed by atoms with Crippen LogP contribution >= 0.6 is 15.9 Å². The number of hydrogen-bond donors (Lipinski definition) is 0. The SMILES string of the molecule is CC(C)(C)[Si](C)(C)OCc1ccc(Br)c(F)c1. The van der Waals surface area contributed by atoms with Crippen LogP contribution in [-0.2, 0) is 11.0 Å². The highest BCUT2D eigenvalue weighted by Gasteiger charge is 2.36. The molecule has 0 unspecified atom stereocenters. The van der Waals surface area contributed by atoms with Crippen LogP contribution in [-0.4, -0.2) is 8.32 Å². The van der Waals surface area contributed by atoms with Gasteiger partial charge in [0.1, 0.15) is 5.82 Å². The van der Waals surface area contributed by atoms with Gasteiger partial charge in [0.25, 0.3) is 0 Å². The third kappa shape index (κ3) is 3.90. The second kappa shape index (κ2) is 5.20. The molecule has 0 amide bonds. The largest absolute Gasteiger partial charge is 0.413 e. The molecule has 0 aromatic heterocycles. The van der Waals surface area contributed by atoms with Crippen LogP contribution in [0.5, 0.6) is 0 Å². The molecule has 0 aliphatic carbocycles. The van der Waals surface area contributed by atoms with Crippen LogP contribution in [0.4, 0.5) is 4.39 Å². The van der Waals surface area contributed by atoms with E-state index in [4.69, 9.17) is 4.43 Å². The predicted octanol–water partition coefficient (Wildman–Crippen LogP) is 5.11. The quantitative estimate of drug-likeness (QED) is 0.704. The van der Waals surface area contributed by atoms with E-state index in [9.17, 15) is 4.39 Å². The van der Waals surface area contributed by atoms with Crippen molar-refractivity contribution >= 4 is 24.2 Å². The Morgan fingerprint density at radius 2 is 1.88 bits per heavy atom. The molecule has 1 aromatic carbocycles. The van der Waals surface area contributed by atoms with E-state index in [0.717, 1.165) is 5.56 Å². The minimum Gasteiger partial charge on any atom is -0.413 e. The van der Waals surface area contributed by atoms with Crippen molar-refractivity contribution in [1.82, 2.24) is 0 Å². The zero-order valence-electron chi connectivity index (χ0n) is 11.1. The minimum atomic E-state index is -1.75. The molecule has 0 bridgehead atoms. The second-order valence-electron chi connectivity index (χ2n) is 5.80. The fourth-order valence-electron chi connectivity index (χ4n) is 1.11. The van der Waals surface area contributed by atoms with E-state index < -0.39 is 8.32 Å². The van der Waals surface area contributed by atoms with E-state index >= 15 is 0 Å². The summed E-state index contributed by atoms with van der Waals surface area (Å²) in [7, 11) is -1.75. The lowest BCUT2D eigenvalue weighted by Gasteiger charge is -2.36. The fourth-order valence-corrected chi connectivity index (χ4v) is 2.32. The van der Waals surface area contributed by atoms with Crippen LogP contribution < -0.4 is 0 Å². The number of halogens is 2. The van der Waals surface area contributed by atoms with Crippen molar-refractivity contribution < 1.29 is 8.82 Å². The summed E-state index contributed by atoms with van der Waals surface area (Å²) in [6, 6.07) is 5.14. The number of benzene rings is 1. The lowest BCUT2D eigenvalue weighted by atomic mass is 10.2. The summed E-state index contributed by atoms with van der Waals surface area (Å²) in [6.07, 6.45) is 0. The molecule has 4 heteroatoms. The van der Waals surface area contributed by atoms with Gasteiger partial charge in [-0.15, -0.1) is 0 Å². The van der Waals surface area contributed by atoms with Gasteiger partial charge >= 0.3 is 0 Å². The summed E-state index contributed by atoms with van der Waals surface area (Å²) in [6.45, 7) is 11.5. The fraction of sp³-hybridized carbons (Fsp3) is 0.538. The van der Waals surface area contributed by atoms with Crippen LogP contribution in [0, 0.1) is 5.82 Å². The van der Waals surface area contributed by atoms with E-state index in [-0.39, 0.29) is 10.9 Å². The van der Waals surface area contributed by atoms with E-state index in [1.807, 2.05) is 6.07 Å². The van der Waals surface area contributed by atoms with Crippen molar-refractivity contribution in [2.24, 2.45) is 0 Å². The monoisotopic (exact) mass is 318 g/mol. The van der Waals surface area contributed by atoms with Crippen LogP contribution in [0.2, 0.25) is 18.1 Å². The molecule has 17 heavy (non-hydrogen) atoms. The van der Waals surface area contributed by atoms with Gasteiger partial charge in [-0.25, -0.2) is 4.39 Å². The van der Waals surface area contributed by atoms with E-state index in [2.05, 4.69) is 49.8 Å². The zero-order valence-corrected chi connectivity index (χ0v) is 13.7. The van der Waals surface area contributed by atoms with Crippen molar-refractivity contribution in [2.75, 3.05) is 0 Å². The average molecular weight is 319 g/mol. The predicted molar refractivity (Wildman–Crippen MR) is 76.1 cm³/mol. The molecule has 1 aromatic rings. The standard InChI is InChI=1S/C13H20BrFOSi/c1-13(2,3)17(4,5)16-9-10-6-7-11(14)12(15)8-10/h6-8H,9H2,1-5H3. The van der Waals surface area contributed by atoms with Crippen molar-refractivity contribution in [2.45, 2.75) is 45.5 Å². The van der Waals surface area contributed by atoms with Crippen molar-refractivity contribution in [3.05, 3.63) is 34.1 Å². The Balaban J connectivity index is 2.71. The Kier molecular flexibility index (Phi) is 4.55. The Hall–Kier alpha value is -0.193. The van der Waals surface area contributed by atoms with E-state index in [1.54, 1.807) is 6.07 Å². The highest BCUT2D eigenvalue weighted by molar-refractivity contribution is 9.10. The van der Waals surface area contributed by atoms with Gasteiger partial charge in [0.2, 0.25) is 0 Å². The molecule has 1 nitrogen and oxygen atoms in total. The maximum atomic E-state index is 13.3. The Bertz CT molecular complexity index is 399. The molecular formula is C13H20BrFOSi. The van der Waals surface area contributed by atoms with Crippen molar-refractivity contribution in [1.29, 1.82) is 0 Å². The van der Waals surface area contributed by atoms with E-state index in [1.165, 1.54) is 6.07 Å². The van der Waals surface area contributed by atoms with Crippen molar-refractivity contribution in [3.8, 4) is 0 Å². The molecule has 0 heterocycles. The summed E-state index contributed by atoms with van der Waals surface area (Å²) < 4.78 is 19.9. The first-order chi connectivity index (χ1) is 7.63. The van der Waals surface area contributed by atoms with Crippen LogP contribution in [0.15, 0.2) is 22.7 Å². The Labute approximate surface area is 113 Å². The Morgan fingerprint density at radius 3 is 2.35 bits per heavy atom. The molecule has 0 N–H and O–H groups in total. The second-order valence-corrected chi connectivity index (χ2v) is 11.5. The molecule has 0 saturated carbocycles. The maximum Gasteiger partial charge on any atom is 0.192 e. The number of rotatable bonds is 3. The molecule has 0 aliphatic heterocycles. The molecule has 96 valence electrons. The summed E-state index contributed by atoms with van der Waals surface area (Å²) in [5.41, 5.74) is 0.885. The molecular weight excluding hydrogens is 299 g/mol. The molecule has 0 aliphatic rings. The van der Waals surface area contributed by atoms with Crippen LogP contribution in [0.3, 0.4) is 0 Å². The molecule has 0 fully saturated rings. The minimum absolute atomic E-state index is 0.181. The normalized spacial score (nSPS) is 12.9. The number of hydrogen-bond acceptors (Lipinski definition) is 1. The molecule has 0 atom stereocenters. The van der Waals surface area contributed by atoms with Gasteiger partial charge in [0.15, 0.2) is 8.32 Å². The molecule has 0 saturated heterocycles. The van der Waals surface area contributed by atoms with Crippen LogP contribution in [0.1, 0.15) is 26.3 Å². The first kappa shape index (κ1) is 14.9. The first-order valence-corrected chi connectivity index (χ1v) is 9.41. The van der Waals surface area contributed by atoms with Gasteiger partial charge in [-0.05, 0) is 51.8 Å². The summed E-state index contributed by atoms with van der Waals surface area (Å²) >= 11 is 3.14. The summed E-state index contributed by atoms with van der Waals surface area (Å²) in [4.78, 5) is 0. The third-order valence-electron chi connectivity index (χ3n) is 3.39. The molecule has 1 rings (SSSR count). The zero-order chi connectivity index (χ0) is 13.3. The van der Waals surface area contributed by atoms with Crippen LogP contribution in [0.25, 0.3) is 0 Å². The summed E-state index contributed by atoms with van der Waals surface area (Å²) in [5.74, 6) is -0.235. The van der Waals surface area contributed by atoms with Gasteiger partial charge in [-0.1, -0.05) is 26.8 Å². The van der Waals surface area contributed by atoms with Crippen molar-refractivity contribution in [3.63, 3.8) is 0 Å². The highest BCUT2D eigenvalue weighted by Crippen LogP contribution is 2.37. The smallest absolute Gasteiger partial charge is 0.192 e. The molecule has 0 spiro atoms. The van der Waals surface area contributed by atoms with Gasteiger partial charge in [-0.3, -0.25) is 0 Å². The molecule has 0 radical (unpaired) electrons. The third-order valence-corrected chi connectivity index (χ3v) is 8.51. The van der Waals surface area contributed by atoms with Gasteiger partial charge in [-0.2, -0.15) is 0 Å². The topological polar surface area (TPSA) is 9.23 Å². The highest BCUT2D eigenvalue weighted by atomic mass is 79.9.